The molecule has 1 aromatic carbocycles. The van der Waals surface area contributed by atoms with Crippen molar-refractivity contribution in [3.63, 3.8) is 0 Å². The SMILES string of the molecule is CCOC(=O)c1oc(-c2c(Cl)cccc2Cl)nc1CC. The highest BCUT2D eigenvalue weighted by Crippen LogP contribution is 2.35. The number of hydrogen-bond donors (Lipinski definition) is 0. The standard InChI is InChI=1S/C14H13Cl2NO3/c1-3-10-12(14(18)19-4-2)20-13(17-10)11-8(15)6-5-7-9(11)16/h5-7H,3-4H2,1-2H3. The van der Waals surface area contributed by atoms with Crippen LogP contribution in [0.1, 0.15) is 30.1 Å². The van der Waals surface area contributed by atoms with E-state index in [9.17, 15) is 4.79 Å². The van der Waals surface area contributed by atoms with Gasteiger partial charge in [0.05, 0.1) is 27.9 Å². The van der Waals surface area contributed by atoms with Crippen LogP contribution in [0, 0.1) is 0 Å². The molecule has 0 saturated carbocycles. The highest BCUT2D eigenvalue weighted by molar-refractivity contribution is 6.38. The summed E-state index contributed by atoms with van der Waals surface area (Å²) >= 11 is 12.2. The summed E-state index contributed by atoms with van der Waals surface area (Å²) in [4.78, 5) is 16.1. The smallest absolute Gasteiger partial charge is 0.376 e. The van der Waals surface area contributed by atoms with Crippen molar-refractivity contribution in [2.75, 3.05) is 6.61 Å². The van der Waals surface area contributed by atoms with Gasteiger partial charge in [-0.15, -0.1) is 0 Å². The van der Waals surface area contributed by atoms with E-state index in [-0.39, 0.29) is 18.3 Å². The number of benzene rings is 1. The second kappa shape index (κ2) is 6.29. The summed E-state index contributed by atoms with van der Waals surface area (Å²) in [6.07, 6.45) is 0.541. The number of carbonyl (C=O) groups excluding carboxylic acids is 1. The van der Waals surface area contributed by atoms with Gasteiger partial charge in [-0.1, -0.05) is 36.2 Å². The number of ether oxygens (including phenoxy) is 1. The topological polar surface area (TPSA) is 52.3 Å². The molecule has 2 aromatic rings. The molecule has 0 unspecified atom stereocenters. The summed E-state index contributed by atoms with van der Waals surface area (Å²) in [5, 5.41) is 0.827. The van der Waals surface area contributed by atoms with Crippen LogP contribution in [-0.2, 0) is 11.2 Å². The Morgan fingerprint density at radius 1 is 1.30 bits per heavy atom. The van der Waals surface area contributed by atoms with Crippen LogP contribution in [0.5, 0.6) is 0 Å². The summed E-state index contributed by atoms with van der Waals surface area (Å²) in [7, 11) is 0. The first-order valence-corrected chi connectivity index (χ1v) is 6.95. The van der Waals surface area contributed by atoms with Gasteiger partial charge in [-0.2, -0.15) is 0 Å². The van der Waals surface area contributed by atoms with Crippen LogP contribution in [0.15, 0.2) is 22.6 Å². The molecule has 0 fully saturated rings. The third-order valence-electron chi connectivity index (χ3n) is 2.67. The molecule has 6 heteroatoms. The van der Waals surface area contributed by atoms with Crippen molar-refractivity contribution >= 4 is 29.2 Å². The lowest BCUT2D eigenvalue weighted by molar-refractivity contribution is 0.0489. The largest absolute Gasteiger partial charge is 0.460 e. The van der Waals surface area contributed by atoms with E-state index in [0.717, 1.165) is 0 Å². The predicted octanol–water partition coefficient (Wildman–Crippen LogP) is 4.39. The molecule has 0 aliphatic heterocycles. The van der Waals surface area contributed by atoms with Crippen LogP contribution in [0.3, 0.4) is 0 Å². The van der Waals surface area contributed by atoms with Gasteiger partial charge >= 0.3 is 5.97 Å². The number of carbonyl (C=O) groups is 1. The van der Waals surface area contributed by atoms with E-state index in [1.165, 1.54) is 0 Å². The minimum atomic E-state index is -0.536. The van der Waals surface area contributed by atoms with Crippen molar-refractivity contribution in [3.8, 4) is 11.5 Å². The van der Waals surface area contributed by atoms with Gasteiger partial charge in [-0.05, 0) is 25.5 Å². The molecule has 0 saturated heterocycles. The normalized spacial score (nSPS) is 10.6. The predicted molar refractivity (Wildman–Crippen MR) is 77.3 cm³/mol. The number of hydrogen-bond acceptors (Lipinski definition) is 4. The fourth-order valence-corrected chi connectivity index (χ4v) is 2.32. The van der Waals surface area contributed by atoms with Gasteiger partial charge in [0.15, 0.2) is 0 Å². The molecule has 20 heavy (non-hydrogen) atoms. The van der Waals surface area contributed by atoms with Gasteiger partial charge in [-0.25, -0.2) is 9.78 Å². The van der Waals surface area contributed by atoms with E-state index in [4.69, 9.17) is 32.4 Å². The number of rotatable bonds is 4. The zero-order valence-corrected chi connectivity index (χ0v) is 12.6. The van der Waals surface area contributed by atoms with Crippen LogP contribution < -0.4 is 0 Å². The average molecular weight is 314 g/mol. The third-order valence-corrected chi connectivity index (χ3v) is 3.30. The second-order valence-electron chi connectivity index (χ2n) is 3.97. The summed E-state index contributed by atoms with van der Waals surface area (Å²) < 4.78 is 10.5. The maximum absolute atomic E-state index is 11.8. The van der Waals surface area contributed by atoms with E-state index >= 15 is 0 Å². The monoisotopic (exact) mass is 313 g/mol. The number of aryl methyl sites for hydroxylation is 1. The lowest BCUT2D eigenvalue weighted by Gasteiger charge is -2.01. The van der Waals surface area contributed by atoms with Crippen molar-refractivity contribution in [1.29, 1.82) is 0 Å². The molecule has 0 N–H and O–H groups in total. The fraction of sp³-hybridized carbons (Fsp3) is 0.286. The summed E-state index contributed by atoms with van der Waals surface area (Å²) in [6, 6.07) is 5.09. The molecule has 1 aromatic heterocycles. The molecule has 0 atom stereocenters. The summed E-state index contributed by atoms with van der Waals surface area (Å²) in [6.45, 7) is 3.87. The highest BCUT2D eigenvalue weighted by atomic mass is 35.5. The lowest BCUT2D eigenvalue weighted by atomic mass is 10.2. The molecule has 0 bridgehead atoms. The molecule has 0 aliphatic carbocycles. The number of nitrogens with zero attached hydrogens (tertiary/aromatic N) is 1. The Bertz CT molecular complexity index is 617. The molecule has 2 rings (SSSR count). The zero-order valence-electron chi connectivity index (χ0n) is 11.1. The Kier molecular flexibility index (Phi) is 4.68. The Morgan fingerprint density at radius 3 is 2.50 bits per heavy atom. The summed E-state index contributed by atoms with van der Waals surface area (Å²) in [5.41, 5.74) is 0.996. The second-order valence-corrected chi connectivity index (χ2v) is 4.78. The average Bonchev–Trinajstić information content (AvgIpc) is 2.83. The maximum Gasteiger partial charge on any atom is 0.376 e. The van der Waals surface area contributed by atoms with Crippen molar-refractivity contribution in [1.82, 2.24) is 4.98 Å². The van der Waals surface area contributed by atoms with E-state index in [1.54, 1.807) is 25.1 Å². The zero-order chi connectivity index (χ0) is 14.7. The Balaban J connectivity index is 2.52. The molecule has 0 aliphatic rings. The number of aromatic nitrogens is 1. The summed E-state index contributed by atoms with van der Waals surface area (Å²) in [5.74, 6) is -0.216. The van der Waals surface area contributed by atoms with Crippen LogP contribution in [0.4, 0.5) is 0 Å². The van der Waals surface area contributed by atoms with Gasteiger partial charge in [-0.3, -0.25) is 0 Å². The van der Waals surface area contributed by atoms with Crippen LogP contribution in [0.2, 0.25) is 10.0 Å². The van der Waals surface area contributed by atoms with Gasteiger partial charge in [0.2, 0.25) is 11.7 Å². The molecule has 0 amide bonds. The number of esters is 1. The highest BCUT2D eigenvalue weighted by Gasteiger charge is 2.23. The van der Waals surface area contributed by atoms with Crippen molar-refractivity contribution in [2.45, 2.75) is 20.3 Å². The lowest BCUT2D eigenvalue weighted by Crippen LogP contribution is -2.05. The molecule has 0 spiro atoms. The first-order valence-electron chi connectivity index (χ1n) is 6.19. The van der Waals surface area contributed by atoms with Gasteiger partial charge in [0.1, 0.15) is 0 Å². The molecule has 4 nitrogen and oxygen atoms in total. The Morgan fingerprint density at radius 2 is 1.95 bits per heavy atom. The Hall–Kier alpha value is -1.52. The number of halogens is 2. The van der Waals surface area contributed by atoms with Crippen LogP contribution in [0.25, 0.3) is 11.5 Å². The first kappa shape index (κ1) is 14.9. The Labute approximate surface area is 126 Å². The van der Waals surface area contributed by atoms with Gasteiger partial charge in [0.25, 0.3) is 0 Å². The number of oxazole rings is 1. The van der Waals surface area contributed by atoms with E-state index in [1.807, 2.05) is 6.92 Å². The van der Waals surface area contributed by atoms with Crippen molar-refractivity contribution in [3.05, 3.63) is 39.7 Å². The van der Waals surface area contributed by atoms with E-state index < -0.39 is 5.97 Å². The van der Waals surface area contributed by atoms with Crippen LogP contribution >= 0.6 is 23.2 Å². The minimum absolute atomic E-state index is 0.0975. The molecule has 106 valence electrons. The van der Waals surface area contributed by atoms with E-state index in [2.05, 4.69) is 4.98 Å². The molecular weight excluding hydrogens is 301 g/mol. The molecule has 1 heterocycles. The van der Waals surface area contributed by atoms with E-state index in [0.29, 0.717) is 27.7 Å². The molecular formula is C14H13Cl2NO3. The first-order chi connectivity index (χ1) is 9.58. The third kappa shape index (κ3) is 2.81. The fourth-order valence-electron chi connectivity index (χ4n) is 1.76. The van der Waals surface area contributed by atoms with Crippen molar-refractivity contribution in [2.24, 2.45) is 0 Å². The van der Waals surface area contributed by atoms with Crippen molar-refractivity contribution < 1.29 is 13.9 Å². The molecule has 0 radical (unpaired) electrons. The van der Waals surface area contributed by atoms with Crippen LogP contribution in [-0.4, -0.2) is 17.6 Å². The van der Waals surface area contributed by atoms with Gasteiger partial charge < -0.3 is 9.15 Å². The quantitative estimate of drug-likeness (QED) is 0.786. The van der Waals surface area contributed by atoms with Gasteiger partial charge in [0, 0.05) is 0 Å². The minimum Gasteiger partial charge on any atom is -0.460 e. The maximum atomic E-state index is 11.8.